The summed E-state index contributed by atoms with van der Waals surface area (Å²) in [5, 5.41) is 2.86. The lowest BCUT2D eigenvalue weighted by molar-refractivity contribution is 0.0853. The van der Waals surface area contributed by atoms with Gasteiger partial charge in [-0.05, 0) is 36.1 Å². The van der Waals surface area contributed by atoms with E-state index in [4.69, 9.17) is 9.15 Å². The van der Waals surface area contributed by atoms with E-state index in [1.807, 2.05) is 18.2 Å². The summed E-state index contributed by atoms with van der Waals surface area (Å²) in [6.07, 6.45) is 3.45. The summed E-state index contributed by atoms with van der Waals surface area (Å²) in [6.45, 7) is 2.91. The Kier molecular flexibility index (Phi) is 7.07. The number of hydrogen-bond donors (Lipinski definition) is 1. The molecule has 1 atom stereocenters. The van der Waals surface area contributed by atoms with Crippen molar-refractivity contribution in [3.05, 3.63) is 89.4 Å². The minimum Gasteiger partial charge on any atom is -0.447 e. The Balaban J connectivity index is 1.40. The standard InChI is InChI=1S/C24H26FN3O3/c25-20-10-8-19(9-11-20)15-28(14-18-5-2-1-3-6-18)16-23-27-22(17-31-23)24(29)26-13-21-7-4-12-30-21/h1-3,5-6,8-11,17,21H,4,7,12-16H2,(H,26,29). The van der Waals surface area contributed by atoms with Crippen molar-refractivity contribution in [3.8, 4) is 0 Å². The van der Waals surface area contributed by atoms with Crippen molar-refractivity contribution in [1.29, 1.82) is 0 Å². The number of amides is 1. The molecule has 31 heavy (non-hydrogen) atoms. The second kappa shape index (κ2) is 10.3. The molecule has 3 aromatic rings. The van der Waals surface area contributed by atoms with E-state index in [0.717, 1.165) is 30.6 Å². The number of ether oxygens (including phenoxy) is 1. The van der Waals surface area contributed by atoms with Crippen molar-refractivity contribution in [2.75, 3.05) is 13.2 Å². The third-order valence-electron chi connectivity index (χ3n) is 5.23. The Morgan fingerprint density at radius 3 is 2.52 bits per heavy atom. The fraction of sp³-hybridized carbons (Fsp3) is 0.333. The zero-order valence-electron chi connectivity index (χ0n) is 17.3. The molecule has 1 aromatic heterocycles. The molecule has 6 nitrogen and oxygen atoms in total. The topological polar surface area (TPSA) is 67.6 Å². The molecule has 162 valence electrons. The highest BCUT2D eigenvalue weighted by atomic mass is 19.1. The minimum atomic E-state index is -0.265. The van der Waals surface area contributed by atoms with Crippen molar-refractivity contribution >= 4 is 5.91 Å². The molecule has 0 bridgehead atoms. The van der Waals surface area contributed by atoms with Crippen molar-refractivity contribution < 1.29 is 18.3 Å². The Labute approximate surface area is 181 Å². The SMILES string of the molecule is O=C(NCC1CCCO1)c1coc(CN(Cc2ccccc2)Cc2ccc(F)cc2)n1. The van der Waals surface area contributed by atoms with Crippen LogP contribution in [0.2, 0.25) is 0 Å². The highest BCUT2D eigenvalue weighted by Crippen LogP contribution is 2.15. The van der Waals surface area contributed by atoms with Crippen LogP contribution < -0.4 is 5.32 Å². The van der Waals surface area contributed by atoms with Crippen molar-refractivity contribution in [1.82, 2.24) is 15.2 Å². The van der Waals surface area contributed by atoms with Crippen LogP contribution in [0.5, 0.6) is 0 Å². The average Bonchev–Trinajstić information content (AvgIpc) is 3.47. The van der Waals surface area contributed by atoms with Crippen LogP contribution >= 0.6 is 0 Å². The fourth-order valence-electron chi connectivity index (χ4n) is 3.64. The van der Waals surface area contributed by atoms with Crippen molar-refractivity contribution in [3.63, 3.8) is 0 Å². The first-order valence-corrected chi connectivity index (χ1v) is 10.5. The van der Waals surface area contributed by atoms with Gasteiger partial charge in [0.15, 0.2) is 5.69 Å². The van der Waals surface area contributed by atoms with Gasteiger partial charge in [-0.15, -0.1) is 0 Å². The molecule has 4 rings (SSSR count). The lowest BCUT2D eigenvalue weighted by atomic mass is 10.1. The maximum absolute atomic E-state index is 13.3. The predicted molar refractivity (Wildman–Crippen MR) is 114 cm³/mol. The number of halogens is 1. The van der Waals surface area contributed by atoms with E-state index >= 15 is 0 Å². The summed E-state index contributed by atoms with van der Waals surface area (Å²) in [5.74, 6) is -0.0660. The maximum atomic E-state index is 13.3. The number of hydrogen-bond acceptors (Lipinski definition) is 5. The van der Waals surface area contributed by atoms with Gasteiger partial charge >= 0.3 is 0 Å². The van der Waals surface area contributed by atoms with Gasteiger partial charge in [0.05, 0.1) is 12.6 Å². The highest BCUT2D eigenvalue weighted by Gasteiger charge is 2.19. The zero-order chi connectivity index (χ0) is 21.5. The van der Waals surface area contributed by atoms with E-state index in [2.05, 4.69) is 27.3 Å². The van der Waals surface area contributed by atoms with E-state index in [1.165, 1.54) is 18.4 Å². The molecule has 2 aromatic carbocycles. The molecule has 1 saturated heterocycles. The molecule has 1 aliphatic rings. The van der Waals surface area contributed by atoms with Gasteiger partial charge in [-0.1, -0.05) is 42.5 Å². The summed E-state index contributed by atoms with van der Waals surface area (Å²) in [7, 11) is 0. The monoisotopic (exact) mass is 423 g/mol. The van der Waals surface area contributed by atoms with Crippen LogP contribution in [-0.2, 0) is 24.4 Å². The van der Waals surface area contributed by atoms with Crippen LogP contribution in [0.3, 0.4) is 0 Å². The predicted octanol–water partition coefficient (Wildman–Crippen LogP) is 3.92. The van der Waals surface area contributed by atoms with Crippen molar-refractivity contribution in [2.24, 2.45) is 0 Å². The molecule has 2 heterocycles. The van der Waals surface area contributed by atoms with Crippen LogP contribution in [0.4, 0.5) is 4.39 Å². The summed E-state index contributed by atoms with van der Waals surface area (Å²) in [6, 6.07) is 16.5. The normalized spacial score (nSPS) is 16.0. The van der Waals surface area contributed by atoms with Crippen LogP contribution in [-0.4, -0.2) is 35.0 Å². The van der Waals surface area contributed by atoms with Gasteiger partial charge in [0, 0.05) is 26.2 Å². The second-order valence-corrected chi connectivity index (χ2v) is 7.73. The molecule has 1 aliphatic heterocycles. The molecule has 0 saturated carbocycles. The summed E-state index contributed by atoms with van der Waals surface area (Å²) in [5.41, 5.74) is 2.39. The van der Waals surface area contributed by atoms with Gasteiger partial charge in [0.1, 0.15) is 12.1 Å². The third kappa shape index (κ3) is 6.23. The zero-order valence-corrected chi connectivity index (χ0v) is 17.3. The lowest BCUT2D eigenvalue weighted by Crippen LogP contribution is -2.32. The van der Waals surface area contributed by atoms with Gasteiger partial charge in [-0.2, -0.15) is 0 Å². The van der Waals surface area contributed by atoms with Gasteiger partial charge in [0.25, 0.3) is 5.91 Å². The van der Waals surface area contributed by atoms with E-state index in [1.54, 1.807) is 12.1 Å². The number of nitrogens with one attached hydrogen (secondary N) is 1. The Hall–Kier alpha value is -3.03. The largest absolute Gasteiger partial charge is 0.447 e. The Bertz CT molecular complexity index is 969. The van der Waals surface area contributed by atoms with E-state index < -0.39 is 0 Å². The number of carbonyl (C=O) groups is 1. The molecular formula is C24H26FN3O3. The molecule has 1 unspecified atom stereocenters. The van der Waals surface area contributed by atoms with E-state index in [0.29, 0.717) is 32.1 Å². The molecular weight excluding hydrogens is 397 g/mol. The average molecular weight is 423 g/mol. The molecule has 0 spiro atoms. The van der Waals surface area contributed by atoms with Gasteiger partial charge < -0.3 is 14.5 Å². The first-order chi connectivity index (χ1) is 15.2. The maximum Gasteiger partial charge on any atom is 0.273 e. The first kappa shape index (κ1) is 21.2. The Morgan fingerprint density at radius 2 is 1.81 bits per heavy atom. The summed E-state index contributed by atoms with van der Waals surface area (Å²) in [4.78, 5) is 18.9. The quantitative estimate of drug-likeness (QED) is 0.565. The Morgan fingerprint density at radius 1 is 1.06 bits per heavy atom. The smallest absolute Gasteiger partial charge is 0.273 e. The highest BCUT2D eigenvalue weighted by molar-refractivity contribution is 5.91. The summed E-state index contributed by atoms with van der Waals surface area (Å²) < 4.78 is 24.4. The van der Waals surface area contributed by atoms with Crippen LogP contribution in [0.25, 0.3) is 0 Å². The van der Waals surface area contributed by atoms with Gasteiger partial charge in [0.2, 0.25) is 5.89 Å². The third-order valence-corrected chi connectivity index (χ3v) is 5.23. The number of benzene rings is 2. The number of oxazole rings is 1. The minimum absolute atomic E-state index is 0.0763. The van der Waals surface area contributed by atoms with Crippen LogP contribution in [0.15, 0.2) is 65.3 Å². The molecule has 0 aliphatic carbocycles. The van der Waals surface area contributed by atoms with Crippen LogP contribution in [0.1, 0.15) is 40.3 Å². The number of nitrogens with zero attached hydrogens (tertiary/aromatic N) is 2. The fourth-order valence-corrected chi connectivity index (χ4v) is 3.64. The first-order valence-electron chi connectivity index (χ1n) is 10.5. The van der Waals surface area contributed by atoms with Gasteiger partial charge in [-0.25, -0.2) is 9.37 Å². The molecule has 1 amide bonds. The second-order valence-electron chi connectivity index (χ2n) is 7.73. The van der Waals surface area contributed by atoms with E-state index in [-0.39, 0.29) is 23.5 Å². The molecule has 1 fully saturated rings. The van der Waals surface area contributed by atoms with Gasteiger partial charge in [-0.3, -0.25) is 9.69 Å². The molecule has 1 N–H and O–H groups in total. The molecule has 7 heteroatoms. The number of rotatable bonds is 9. The number of aromatic nitrogens is 1. The molecule has 0 radical (unpaired) electrons. The summed E-state index contributed by atoms with van der Waals surface area (Å²) >= 11 is 0. The van der Waals surface area contributed by atoms with Crippen LogP contribution in [0, 0.1) is 5.82 Å². The van der Waals surface area contributed by atoms with Crippen molar-refractivity contribution in [2.45, 2.75) is 38.6 Å². The number of carbonyl (C=O) groups excluding carboxylic acids is 1. The van der Waals surface area contributed by atoms with E-state index in [9.17, 15) is 9.18 Å². The lowest BCUT2D eigenvalue weighted by Gasteiger charge is -2.21.